The molecule has 2 heterocycles. The first kappa shape index (κ1) is 17.2. The predicted molar refractivity (Wildman–Crippen MR) is 98.3 cm³/mol. The Balaban J connectivity index is 1.53. The molecule has 0 saturated carbocycles. The largest absolute Gasteiger partial charge is 0.496 e. The fourth-order valence-corrected chi connectivity index (χ4v) is 3.36. The highest BCUT2D eigenvalue weighted by molar-refractivity contribution is 5.97. The molecule has 0 unspecified atom stereocenters. The molecule has 7 heteroatoms. The van der Waals surface area contributed by atoms with Gasteiger partial charge in [0.15, 0.2) is 0 Å². The number of aromatic nitrogens is 3. The molecule has 1 aromatic carbocycles. The van der Waals surface area contributed by atoms with Gasteiger partial charge in [0.1, 0.15) is 12.3 Å². The summed E-state index contributed by atoms with van der Waals surface area (Å²) in [6.45, 7) is 0.219. The topological polar surface area (TPSA) is 81.4 Å². The lowest BCUT2D eigenvalue weighted by atomic mass is 10.0. The lowest BCUT2D eigenvalue weighted by molar-refractivity contribution is 0.0766. The van der Waals surface area contributed by atoms with E-state index < -0.39 is 0 Å². The Morgan fingerprint density at radius 1 is 1.22 bits per heavy atom. The van der Waals surface area contributed by atoms with Crippen LogP contribution in [0.3, 0.4) is 0 Å². The van der Waals surface area contributed by atoms with Crippen molar-refractivity contribution < 1.29 is 14.1 Å². The number of pyridine rings is 1. The van der Waals surface area contributed by atoms with E-state index in [1.165, 1.54) is 11.1 Å². The number of benzene rings is 1. The van der Waals surface area contributed by atoms with Crippen LogP contribution in [-0.4, -0.2) is 40.1 Å². The van der Waals surface area contributed by atoms with E-state index in [1.54, 1.807) is 43.6 Å². The smallest absolute Gasteiger partial charge is 0.257 e. The van der Waals surface area contributed by atoms with Crippen molar-refractivity contribution in [1.82, 2.24) is 20.0 Å². The van der Waals surface area contributed by atoms with E-state index in [9.17, 15) is 4.79 Å². The van der Waals surface area contributed by atoms with E-state index in [0.29, 0.717) is 23.0 Å². The van der Waals surface area contributed by atoms with Gasteiger partial charge >= 0.3 is 0 Å². The summed E-state index contributed by atoms with van der Waals surface area (Å²) in [7, 11) is 3.30. The van der Waals surface area contributed by atoms with Crippen LogP contribution in [0.2, 0.25) is 0 Å². The summed E-state index contributed by atoms with van der Waals surface area (Å²) in [6, 6.07) is 7.55. The summed E-state index contributed by atoms with van der Waals surface area (Å²) in [5.41, 5.74) is 3.87. The summed E-state index contributed by atoms with van der Waals surface area (Å²) in [5, 5.41) is 3.98. The Kier molecular flexibility index (Phi) is 4.58. The molecule has 3 aromatic rings. The standard InChI is InChI=1S/C20H20N4O3/c1-24(12-18-22-19(23-27-18)13-6-8-21-9-7-13)20(25)16-10-14-4-3-5-15(14)11-17(16)26-2/h6-11H,3-5,12H2,1-2H3. The molecular weight excluding hydrogens is 344 g/mol. The third kappa shape index (κ3) is 3.40. The van der Waals surface area contributed by atoms with Gasteiger partial charge in [-0.3, -0.25) is 9.78 Å². The third-order valence-corrected chi connectivity index (χ3v) is 4.77. The molecule has 0 fully saturated rings. The molecule has 138 valence electrons. The van der Waals surface area contributed by atoms with Crippen LogP contribution >= 0.6 is 0 Å². The molecule has 0 N–H and O–H groups in total. The highest BCUT2D eigenvalue weighted by Gasteiger charge is 2.23. The molecule has 2 aromatic heterocycles. The molecule has 0 saturated heterocycles. The highest BCUT2D eigenvalue weighted by atomic mass is 16.5. The molecule has 0 atom stereocenters. The number of amides is 1. The van der Waals surface area contributed by atoms with Crippen molar-refractivity contribution in [3.63, 3.8) is 0 Å². The maximum absolute atomic E-state index is 13.0. The molecule has 1 aliphatic rings. The van der Waals surface area contributed by atoms with Crippen LogP contribution in [-0.2, 0) is 19.4 Å². The second kappa shape index (κ2) is 7.19. The van der Waals surface area contributed by atoms with Gasteiger partial charge in [0, 0.05) is 25.0 Å². The number of rotatable bonds is 5. The van der Waals surface area contributed by atoms with Gasteiger partial charge in [0.25, 0.3) is 5.91 Å². The number of ether oxygens (including phenoxy) is 1. The Bertz CT molecular complexity index is 969. The Morgan fingerprint density at radius 2 is 1.96 bits per heavy atom. The third-order valence-electron chi connectivity index (χ3n) is 4.77. The highest BCUT2D eigenvalue weighted by Crippen LogP contribution is 2.30. The molecule has 1 aliphatic carbocycles. The SMILES string of the molecule is COc1cc2c(cc1C(=O)N(C)Cc1nc(-c3ccncc3)no1)CCC2. The van der Waals surface area contributed by atoms with Crippen molar-refractivity contribution >= 4 is 5.91 Å². The molecule has 4 rings (SSSR count). The number of fused-ring (bicyclic) bond motifs is 1. The molecule has 0 bridgehead atoms. The van der Waals surface area contributed by atoms with Crippen LogP contribution in [0.25, 0.3) is 11.4 Å². The summed E-state index contributed by atoms with van der Waals surface area (Å²) in [6.07, 6.45) is 6.49. The van der Waals surface area contributed by atoms with Gasteiger partial charge in [-0.15, -0.1) is 0 Å². The maximum Gasteiger partial charge on any atom is 0.257 e. The summed E-state index contributed by atoms with van der Waals surface area (Å²) >= 11 is 0. The van der Waals surface area contributed by atoms with Crippen molar-refractivity contribution in [2.75, 3.05) is 14.2 Å². The molecule has 7 nitrogen and oxygen atoms in total. The van der Waals surface area contributed by atoms with Crippen LogP contribution in [0, 0.1) is 0 Å². The van der Waals surface area contributed by atoms with Crippen LogP contribution < -0.4 is 4.74 Å². The lowest BCUT2D eigenvalue weighted by Gasteiger charge is -2.18. The predicted octanol–water partition coefficient (Wildman–Crippen LogP) is 2.90. The minimum absolute atomic E-state index is 0.134. The van der Waals surface area contributed by atoms with E-state index in [1.807, 2.05) is 12.1 Å². The summed E-state index contributed by atoms with van der Waals surface area (Å²) < 4.78 is 10.7. The molecule has 27 heavy (non-hydrogen) atoms. The minimum atomic E-state index is -0.134. The maximum atomic E-state index is 13.0. The van der Waals surface area contributed by atoms with E-state index in [4.69, 9.17) is 9.26 Å². The number of nitrogens with zero attached hydrogens (tertiary/aromatic N) is 4. The van der Waals surface area contributed by atoms with Gasteiger partial charge < -0.3 is 14.2 Å². The molecule has 1 amide bonds. The average molecular weight is 364 g/mol. The molecular formula is C20H20N4O3. The second-order valence-electron chi connectivity index (χ2n) is 6.58. The normalized spacial score (nSPS) is 12.7. The summed E-state index contributed by atoms with van der Waals surface area (Å²) in [4.78, 5) is 22.9. The van der Waals surface area contributed by atoms with Crippen molar-refractivity contribution in [1.29, 1.82) is 0 Å². The first-order valence-corrected chi connectivity index (χ1v) is 8.84. The zero-order chi connectivity index (χ0) is 18.8. The van der Waals surface area contributed by atoms with Gasteiger partial charge in [-0.1, -0.05) is 5.16 Å². The number of carbonyl (C=O) groups is 1. The van der Waals surface area contributed by atoms with Crippen molar-refractivity contribution in [2.45, 2.75) is 25.8 Å². The van der Waals surface area contributed by atoms with Gasteiger partial charge in [-0.2, -0.15) is 4.98 Å². The number of hydrogen-bond acceptors (Lipinski definition) is 6. The van der Waals surface area contributed by atoms with Crippen LogP contribution in [0.5, 0.6) is 5.75 Å². The molecule has 0 aliphatic heterocycles. The Hall–Kier alpha value is -3.22. The van der Waals surface area contributed by atoms with Crippen LogP contribution in [0.1, 0.15) is 33.8 Å². The summed E-state index contributed by atoms with van der Waals surface area (Å²) in [5.74, 6) is 1.32. The second-order valence-corrected chi connectivity index (χ2v) is 6.58. The minimum Gasteiger partial charge on any atom is -0.496 e. The monoisotopic (exact) mass is 364 g/mol. The first-order chi connectivity index (χ1) is 13.2. The van der Waals surface area contributed by atoms with Gasteiger partial charge in [-0.05, 0) is 54.7 Å². The van der Waals surface area contributed by atoms with Gasteiger partial charge in [0.05, 0.1) is 12.7 Å². The van der Waals surface area contributed by atoms with Crippen molar-refractivity contribution in [3.8, 4) is 17.1 Å². The number of hydrogen-bond donors (Lipinski definition) is 0. The van der Waals surface area contributed by atoms with Crippen molar-refractivity contribution in [3.05, 3.63) is 59.2 Å². The average Bonchev–Trinajstić information content (AvgIpc) is 3.35. The van der Waals surface area contributed by atoms with Crippen LogP contribution in [0.15, 0.2) is 41.2 Å². The molecule has 0 spiro atoms. The molecule has 0 radical (unpaired) electrons. The zero-order valence-electron chi connectivity index (χ0n) is 15.3. The van der Waals surface area contributed by atoms with Gasteiger partial charge in [0.2, 0.25) is 11.7 Å². The van der Waals surface area contributed by atoms with Gasteiger partial charge in [-0.25, -0.2) is 0 Å². The fraction of sp³-hybridized carbons (Fsp3) is 0.300. The van der Waals surface area contributed by atoms with E-state index in [2.05, 4.69) is 15.1 Å². The fourth-order valence-electron chi connectivity index (χ4n) is 3.36. The Labute approximate surface area is 157 Å². The zero-order valence-corrected chi connectivity index (χ0v) is 15.3. The quantitative estimate of drug-likeness (QED) is 0.692. The Morgan fingerprint density at radius 3 is 2.70 bits per heavy atom. The van der Waals surface area contributed by atoms with Crippen molar-refractivity contribution in [2.24, 2.45) is 0 Å². The number of carbonyl (C=O) groups excluding carboxylic acids is 1. The lowest BCUT2D eigenvalue weighted by Crippen LogP contribution is -2.27. The van der Waals surface area contributed by atoms with E-state index >= 15 is 0 Å². The first-order valence-electron chi connectivity index (χ1n) is 8.84. The van der Waals surface area contributed by atoms with E-state index in [0.717, 1.165) is 24.8 Å². The van der Waals surface area contributed by atoms with E-state index in [-0.39, 0.29) is 12.5 Å². The number of aryl methyl sites for hydroxylation is 2. The number of methoxy groups -OCH3 is 1. The van der Waals surface area contributed by atoms with Crippen LogP contribution in [0.4, 0.5) is 0 Å².